The minimum atomic E-state index is -2.48. The second-order valence-electron chi connectivity index (χ2n) is 16.5. The van der Waals surface area contributed by atoms with E-state index in [2.05, 4.69) is 47.1 Å². The second kappa shape index (κ2) is 40.8. The summed E-state index contributed by atoms with van der Waals surface area (Å²) in [5, 5.41) is 0. The Balaban J connectivity index is 4.29. The normalized spacial score (nSPS) is 12.7. The molecule has 0 radical (unpaired) electrons. The number of rotatable bonds is 43. The number of ether oxygens (including phenoxy) is 3. The third-order valence-electron chi connectivity index (χ3n) is 9.87. The summed E-state index contributed by atoms with van der Waals surface area (Å²) in [5.41, 5.74) is 0. The lowest BCUT2D eigenvalue weighted by atomic mass is 10.0. The summed E-state index contributed by atoms with van der Waals surface area (Å²) in [5.74, 6) is -0.691. The molecule has 55 heavy (non-hydrogen) atoms. The van der Waals surface area contributed by atoms with Crippen molar-refractivity contribution in [2.24, 2.45) is 0 Å². The van der Waals surface area contributed by atoms with Gasteiger partial charge in [0.15, 0.2) is 6.10 Å². The number of carbonyl (C=O) groups excluding carboxylic acids is 2. The van der Waals surface area contributed by atoms with Crippen molar-refractivity contribution < 1.29 is 41.9 Å². The maximum atomic E-state index is 12.7. The van der Waals surface area contributed by atoms with Crippen molar-refractivity contribution in [3.05, 3.63) is 12.2 Å². The van der Waals surface area contributed by atoms with Gasteiger partial charge in [-0.3, -0.25) is 9.59 Å². The molecule has 0 saturated carbocycles. The summed E-state index contributed by atoms with van der Waals surface area (Å²) in [6, 6.07) is 0. The Morgan fingerprint density at radius 3 is 1.42 bits per heavy atom. The van der Waals surface area contributed by atoms with E-state index < -0.39 is 14.4 Å². The molecule has 0 aromatic carbocycles. The van der Waals surface area contributed by atoms with Crippen molar-refractivity contribution in [1.29, 1.82) is 0 Å². The van der Waals surface area contributed by atoms with Crippen molar-refractivity contribution in [3.8, 4) is 0 Å². The molecule has 0 spiro atoms. The van der Waals surface area contributed by atoms with Gasteiger partial charge < -0.3 is 18.7 Å². The summed E-state index contributed by atoms with van der Waals surface area (Å²) < 4.78 is 40.0. The lowest BCUT2D eigenvalue weighted by Gasteiger charge is -2.23. The third kappa shape index (κ3) is 43.6. The highest BCUT2D eigenvalue weighted by atomic mass is 31.1. The largest absolute Gasteiger partial charge is 0.699 e. The number of hydrogen-bond donors (Lipinski definition) is 0. The third-order valence-corrected chi connectivity index (χ3v) is 10.5. The van der Waals surface area contributed by atoms with Crippen LogP contribution in [0.1, 0.15) is 206 Å². The van der Waals surface area contributed by atoms with Crippen LogP contribution in [0, 0.1) is 0 Å². The van der Waals surface area contributed by atoms with Gasteiger partial charge in [-0.1, -0.05) is 172 Å². The van der Waals surface area contributed by atoms with E-state index in [1.165, 1.54) is 128 Å². The lowest BCUT2D eigenvalue weighted by molar-refractivity contribution is -0.870. The Hall–Kier alpha value is -1.38. The van der Waals surface area contributed by atoms with Gasteiger partial charge in [-0.2, -0.15) is 0 Å². The van der Waals surface area contributed by atoms with E-state index in [9.17, 15) is 14.2 Å². The quantitative estimate of drug-likeness (QED) is 0.0150. The van der Waals surface area contributed by atoms with Gasteiger partial charge in [0.1, 0.15) is 19.8 Å². The second-order valence-corrected chi connectivity index (χ2v) is 17.5. The fourth-order valence-electron chi connectivity index (χ4n) is 6.26. The van der Waals surface area contributed by atoms with Crippen LogP contribution >= 0.6 is 8.25 Å². The summed E-state index contributed by atoms with van der Waals surface area (Å²) in [7, 11) is 3.69. The van der Waals surface area contributed by atoms with E-state index in [0.717, 1.165) is 62.4 Å². The van der Waals surface area contributed by atoms with Crippen LogP contribution < -0.4 is 0 Å². The van der Waals surface area contributed by atoms with Gasteiger partial charge in [0.25, 0.3) is 0 Å². The van der Waals surface area contributed by atoms with Gasteiger partial charge in [0, 0.05) is 17.4 Å². The first kappa shape index (κ1) is 53.6. The highest BCUT2D eigenvalue weighted by molar-refractivity contribution is 7.33. The number of quaternary nitrogens is 1. The molecule has 0 aliphatic heterocycles. The van der Waals surface area contributed by atoms with Gasteiger partial charge in [-0.15, -0.1) is 4.52 Å². The predicted octanol–water partition coefficient (Wildman–Crippen LogP) is 13.1. The average Bonchev–Trinajstić information content (AvgIpc) is 3.15. The van der Waals surface area contributed by atoms with Crippen molar-refractivity contribution in [3.63, 3.8) is 0 Å². The molecule has 0 aromatic heterocycles. The summed E-state index contributed by atoms with van der Waals surface area (Å²) >= 11 is 0. The average molecular weight is 802 g/mol. The number of nitrogens with zero attached hydrogens (tertiary/aromatic N) is 1. The number of allylic oxidation sites excluding steroid dienone is 2. The van der Waals surface area contributed by atoms with Crippen LogP contribution in [0.15, 0.2) is 12.2 Å². The van der Waals surface area contributed by atoms with Crippen molar-refractivity contribution >= 4 is 20.2 Å². The van der Waals surface area contributed by atoms with E-state index >= 15 is 0 Å². The first-order valence-corrected chi connectivity index (χ1v) is 23.9. The van der Waals surface area contributed by atoms with Gasteiger partial charge in [0.2, 0.25) is 6.79 Å². The standard InChI is InChI=1S/C45H88NO8P/c1-6-8-10-12-14-16-18-20-22-24-26-28-30-32-34-36-44(47)51-40-43(41-52-55(49)53-42-50-39-38-46(3,4)5)54-45(48)37-35-33-31-29-27-25-23-21-19-17-15-13-11-9-7-2/h20,22,43H,6-19,21,23-42H2,1-5H3/q+2. The monoisotopic (exact) mass is 802 g/mol. The Bertz CT molecular complexity index is 910. The predicted molar refractivity (Wildman–Crippen MR) is 228 cm³/mol. The molecular weight excluding hydrogens is 713 g/mol. The van der Waals surface area contributed by atoms with Gasteiger partial charge in [-0.05, 0) is 38.5 Å². The molecule has 0 N–H and O–H groups in total. The fourth-order valence-corrected chi connectivity index (χ4v) is 6.78. The van der Waals surface area contributed by atoms with E-state index in [1.54, 1.807) is 0 Å². The molecule has 0 rings (SSSR count). The molecule has 0 fully saturated rings. The van der Waals surface area contributed by atoms with Crippen LogP contribution in [0.4, 0.5) is 0 Å². The number of likely N-dealkylation sites (N-methyl/N-ethyl adjacent to an activating group) is 1. The van der Waals surface area contributed by atoms with Crippen molar-refractivity contribution in [1.82, 2.24) is 0 Å². The fraction of sp³-hybridized carbons (Fsp3) is 0.911. The summed E-state index contributed by atoms with van der Waals surface area (Å²) in [6.45, 7) is 5.26. The van der Waals surface area contributed by atoms with Crippen LogP contribution in [0.2, 0.25) is 0 Å². The molecular formula is C45H88NO8P+2. The highest BCUT2D eigenvalue weighted by Crippen LogP contribution is 2.24. The molecule has 9 nitrogen and oxygen atoms in total. The molecule has 0 heterocycles. The Kier molecular flexibility index (Phi) is 39.8. The van der Waals surface area contributed by atoms with Crippen molar-refractivity contribution in [2.75, 3.05) is 54.3 Å². The molecule has 0 amide bonds. The maximum absolute atomic E-state index is 12.7. The van der Waals surface area contributed by atoms with E-state index in [4.69, 9.17) is 23.3 Å². The Labute approximate surface area is 340 Å². The highest BCUT2D eigenvalue weighted by Gasteiger charge is 2.27. The Morgan fingerprint density at radius 2 is 0.964 bits per heavy atom. The van der Waals surface area contributed by atoms with Crippen LogP contribution in [-0.4, -0.2) is 76.8 Å². The molecule has 10 heteroatoms. The summed E-state index contributed by atoms with van der Waals surface area (Å²) in [4.78, 5) is 25.2. The van der Waals surface area contributed by atoms with Crippen LogP contribution in [0.3, 0.4) is 0 Å². The first-order chi connectivity index (χ1) is 26.7. The van der Waals surface area contributed by atoms with Gasteiger partial charge in [0.05, 0.1) is 27.7 Å². The zero-order valence-corrected chi connectivity index (χ0v) is 37.5. The minimum absolute atomic E-state index is 0.141. The zero-order valence-electron chi connectivity index (χ0n) is 36.6. The molecule has 0 saturated heterocycles. The topological polar surface area (TPSA) is 97.4 Å². The maximum Gasteiger partial charge on any atom is 0.699 e. The number of carbonyl (C=O) groups is 2. The number of unbranched alkanes of at least 4 members (excludes halogenated alkanes) is 25. The number of esters is 2. The minimum Gasteiger partial charge on any atom is -0.462 e. The van der Waals surface area contributed by atoms with Crippen LogP contribution in [0.25, 0.3) is 0 Å². The van der Waals surface area contributed by atoms with Crippen LogP contribution in [-0.2, 0) is 37.4 Å². The van der Waals surface area contributed by atoms with Gasteiger partial charge in [-0.25, -0.2) is 0 Å². The number of hydrogen-bond acceptors (Lipinski definition) is 8. The first-order valence-electron chi connectivity index (χ1n) is 22.8. The Morgan fingerprint density at radius 1 is 0.545 bits per heavy atom. The zero-order chi connectivity index (χ0) is 40.5. The molecule has 0 aromatic rings. The molecule has 2 unspecified atom stereocenters. The van der Waals surface area contributed by atoms with Crippen molar-refractivity contribution in [2.45, 2.75) is 213 Å². The van der Waals surface area contributed by atoms with Crippen LogP contribution in [0.5, 0.6) is 0 Å². The molecule has 0 aliphatic carbocycles. The molecule has 2 atom stereocenters. The lowest BCUT2D eigenvalue weighted by Crippen LogP contribution is -2.37. The van der Waals surface area contributed by atoms with Gasteiger partial charge >= 0.3 is 20.2 Å². The smallest absolute Gasteiger partial charge is 0.462 e. The molecule has 0 bridgehead atoms. The molecule has 0 aliphatic rings. The summed E-state index contributed by atoms with van der Waals surface area (Å²) in [6.07, 6.45) is 38.8. The van der Waals surface area contributed by atoms with E-state index in [0.29, 0.717) is 19.4 Å². The SMILES string of the molecule is CCCCCCCCC=CCCCCCCCC(=O)OCC(CO[P+](=O)OCOCC[N+](C)(C)C)OC(=O)CCCCCCCCCCCCCCCCC. The van der Waals surface area contributed by atoms with E-state index in [-0.39, 0.29) is 31.9 Å². The molecule has 324 valence electrons. The van der Waals surface area contributed by atoms with E-state index in [1.807, 2.05) is 0 Å².